The Hall–Kier alpha value is -1.44. The summed E-state index contributed by atoms with van der Waals surface area (Å²) >= 11 is 0. The third-order valence-corrected chi connectivity index (χ3v) is 9.68. The number of carbonyl (C=O) groups is 1. The van der Waals surface area contributed by atoms with E-state index in [0.29, 0.717) is 36.8 Å². The largest absolute Gasteiger partial charge is 0.392 e. The number of aliphatic hydroxyl groups excluding tert-OH is 1. The van der Waals surface area contributed by atoms with Crippen LogP contribution in [0.5, 0.6) is 0 Å². The van der Waals surface area contributed by atoms with Crippen LogP contribution in [0.15, 0.2) is 29.2 Å². The summed E-state index contributed by atoms with van der Waals surface area (Å²) < 4.78 is 27.7. The molecule has 6 nitrogen and oxygen atoms in total. The van der Waals surface area contributed by atoms with Gasteiger partial charge < -0.3 is 10.4 Å². The molecule has 0 spiro atoms. The van der Waals surface area contributed by atoms with Gasteiger partial charge in [0.1, 0.15) is 6.04 Å². The summed E-state index contributed by atoms with van der Waals surface area (Å²) in [6, 6.07) is 5.89. The number of nitrogens with zero attached hydrogens (tertiary/aromatic N) is 1. The number of carbonyl (C=O) groups excluding carboxylic acids is 1. The molecule has 1 atom stereocenters. The number of benzene rings is 1. The van der Waals surface area contributed by atoms with Gasteiger partial charge in [0, 0.05) is 12.6 Å². The van der Waals surface area contributed by atoms with Crippen LogP contribution in [-0.2, 0) is 21.4 Å². The Balaban J connectivity index is 1.31. The third kappa shape index (κ3) is 3.41. The van der Waals surface area contributed by atoms with Gasteiger partial charge in [-0.1, -0.05) is 12.1 Å². The van der Waals surface area contributed by atoms with Crippen LogP contribution in [0.1, 0.15) is 50.5 Å². The minimum Gasteiger partial charge on any atom is -0.392 e. The summed E-state index contributed by atoms with van der Waals surface area (Å²) in [7, 11) is -3.73. The Morgan fingerprint density at radius 3 is 2.24 bits per heavy atom. The second-order valence-corrected chi connectivity index (χ2v) is 11.4. The van der Waals surface area contributed by atoms with Crippen molar-refractivity contribution in [3.63, 3.8) is 0 Å². The molecule has 4 saturated carbocycles. The van der Waals surface area contributed by atoms with E-state index in [0.717, 1.165) is 11.8 Å². The number of aliphatic hydroxyl groups is 1. The highest BCUT2D eigenvalue weighted by molar-refractivity contribution is 7.89. The van der Waals surface area contributed by atoms with Crippen LogP contribution in [0.2, 0.25) is 0 Å². The molecule has 1 amide bonds. The van der Waals surface area contributed by atoms with Crippen molar-refractivity contribution >= 4 is 15.9 Å². The molecule has 1 aliphatic heterocycles. The van der Waals surface area contributed by atoms with Crippen LogP contribution >= 0.6 is 0 Å². The molecule has 4 bridgehead atoms. The van der Waals surface area contributed by atoms with Crippen molar-refractivity contribution in [3.8, 4) is 0 Å². The fourth-order valence-electron chi connectivity index (χ4n) is 6.61. The molecule has 4 aliphatic carbocycles. The lowest BCUT2D eigenvalue weighted by Gasteiger charge is -2.54. The van der Waals surface area contributed by atoms with E-state index in [4.69, 9.17) is 0 Å². The first-order chi connectivity index (χ1) is 14.0. The first-order valence-corrected chi connectivity index (χ1v) is 12.4. The zero-order chi connectivity index (χ0) is 20.2. The van der Waals surface area contributed by atoms with E-state index >= 15 is 0 Å². The summed E-state index contributed by atoms with van der Waals surface area (Å²) in [5.41, 5.74) is 0.668. The fourth-order valence-corrected chi connectivity index (χ4v) is 8.27. The molecule has 2 N–H and O–H groups in total. The SMILES string of the molecule is O=C(NC1C2CC3CC(C2)CC1C3)[C@H]1CCCN1S(=O)(=O)c1ccc(CO)cc1. The molecular weight excluding hydrogens is 388 g/mol. The number of sulfonamides is 1. The molecule has 158 valence electrons. The Bertz CT molecular complexity index is 855. The maximum atomic E-state index is 13.2. The summed E-state index contributed by atoms with van der Waals surface area (Å²) in [6.45, 7) is 0.254. The normalized spacial score (nSPS) is 36.4. The lowest BCUT2D eigenvalue weighted by atomic mass is 9.54. The first kappa shape index (κ1) is 19.5. The minimum atomic E-state index is -3.73. The standard InChI is InChI=1S/C22H30N2O4S/c25-13-14-3-5-19(6-4-14)29(27,28)24-7-1-2-20(24)22(26)23-21-17-9-15-8-16(11-17)12-18(21)10-15/h3-6,15-18,20-21,25H,1-2,7-13H2,(H,23,26)/t15?,16?,17?,18?,20-,21?/m1/s1. The molecule has 29 heavy (non-hydrogen) atoms. The molecule has 5 aliphatic rings. The Morgan fingerprint density at radius 1 is 1.03 bits per heavy atom. The second-order valence-electron chi connectivity index (χ2n) is 9.54. The number of hydrogen-bond donors (Lipinski definition) is 2. The van der Waals surface area contributed by atoms with Crippen molar-refractivity contribution in [1.29, 1.82) is 0 Å². The van der Waals surface area contributed by atoms with Crippen molar-refractivity contribution in [2.75, 3.05) is 6.54 Å². The lowest BCUT2D eigenvalue weighted by molar-refractivity contribution is -0.128. The summed E-state index contributed by atoms with van der Waals surface area (Å²) in [5.74, 6) is 2.72. The fraction of sp³-hybridized carbons (Fsp3) is 0.682. The van der Waals surface area contributed by atoms with Crippen LogP contribution < -0.4 is 5.32 Å². The van der Waals surface area contributed by atoms with Gasteiger partial charge in [0.05, 0.1) is 11.5 Å². The van der Waals surface area contributed by atoms with Gasteiger partial charge in [0.2, 0.25) is 15.9 Å². The van der Waals surface area contributed by atoms with Crippen molar-refractivity contribution in [1.82, 2.24) is 9.62 Å². The van der Waals surface area contributed by atoms with Crippen LogP contribution in [-0.4, -0.2) is 42.4 Å². The summed E-state index contributed by atoms with van der Waals surface area (Å²) in [5, 5.41) is 12.5. The lowest BCUT2D eigenvalue weighted by Crippen LogP contribution is -2.58. The van der Waals surface area contributed by atoms with Gasteiger partial charge >= 0.3 is 0 Å². The molecular formula is C22H30N2O4S. The highest BCUT2D eigenvalue weighted by atomic mass is 32.2. The van der Waals surface area contributed by atoms with Gasteiger partial charge in [-0.2, -0.15) is 4.31 Å². The highest BCUT2D eigenvalue weighted by Gasteiger charge is 2.49. The van der Waals surface area contributed by atoms with E-state index in [1.165, 1.54) is 48.5 Å². The molecule has 1 heterocycles. The Labute approximate surface area is 172 Å². The predicted molar refractivity (Wildman–Crippen MR) is 108 cm³/mol. The molecule has 7 heteroatoms. The van der Waals surface area contributed by atoms with Gasteiger partial charge in [-0.3, -0.25) is 4.79 Å². The maximum Gasteiger partial charge on any atom is 0.243 e. The predicted octanol–water partition coefficient (Wildman–Crippen LogP) is 2.27. The van der Waals surface area contributed by atoms with Crippen molar-refractivity contribution in [2.24, 2.45) is 23.7 Å². The number of hydrogen-bond acceptors (Lipinski definition) is 4. The first-order valence-electron chi connectivity index (χ1n) is 11.0. The molecule has 1 aromatic carbocycles. The van der Waals surface area contributed by atoms with E-state index in [1.54, 1.807) is 12.1 Å². The van der Waals surface area contributed by atoms with Gasteiger partial charge in [-0.15, -0.1) is 0 Å². The number of amides is 1. The van der Waals surface area contributed by atoms with Crippen LogP contribution in [0.25, 0.3) is 0 Å². The maximum absolute atomic E-state index is 13.2. The summed E-state index contributed by atoms with van der Waals surface area (Å²) in [4.78, 5) is 13.4. The Kier molecular flexibility index (Phi) is 4.95. The van der Waals surface area contributed by atoms with E-state index in [9.17, 15) is 18.3 Å². The quantitative estimate of drug-likeness (QED) is 0.768. The van der Waals surface area contributed by atoms with Crippen molar-refractivity contribution < 1.29 is 18.3 Å². The highest BCUT2D eigenvalue weighted by Crippen LogP contribution is 2.53. The van der Waals surface area contributed by atoms with E-state index in [-0.39, 0.29) is 23.5 Å². The van der Waals surface area contributed by atoms with Crippen LogP contribution in [0.3, 0.4) is 0 Å². The topological polar surface area (TPSA) is 86.7 Å². The molecule has 1 aromatic rings. The number of nitrogens with one attached hydrogen (secondary N) is 1. The minimum absolute atomic E-state index is 0.115. The average Bonchev–Trinajstić information content (AvgIpc) is 3.21. The van der Waals surface area contributed by atoms with Gasteiger partial charge in [0.25, 0.3) is 0 Å². The second kappa shape index (κ2) is 7.36. The smallest absolute Gasteiger partial charge is 0.243 e. The van der Waals surface area contributed by atoms with Crippen molar-refractivity contribution in [2.45, 2.75) is 68.5 Å². The molecule has 5 fully saturated rings. The monoisotopic (exact) mass is 418 g/mol. The van der Waals surface area contributed by atoms with Gasteiger partial charge in [0.15, 0.2) is 0 Å². The molecule has 1 saturated heterocycles. The summed E-state index contributed by atoms with van der Waals surface area (Å²) in [6.07, 6.45) is 7.55. The van der Waals surface area contributed by atoms with E-state index in [2.05, 4.69) is 5.32 Å². The number of rotatable bonds is 5. The molecule has 6 rings (SSSR count). The third-order valence-electron chi connectivity index (χ3n) is 7.75. The Morgan fingerprint density at radius 2 is 1.66 bits per heavy atom. The van der Waals surface area contributed by atoms with Crippen LogP contribution in [0, 0.1) is 23.7 Å². The van der Waals surface area contributed by atoms with Crippen LogP contribution in [0.4, 0.5) is 0 Å². The zero-order valence-corrected chi connectivity index (χ0v) is 17.5. The van der Waals surface area contributed by atoms with E-state index < -0.39 is 16.1 Å². The molecule has 0 aromatic heterocycles. The van der Waals surface area contributed by atoms with Gasteiger partial charge in [-0.25, -0.2) is 8.42 Å². The average molecular weight is 419 g/mol. The van der Waals surface area contributed by atoms with Crippen molar-refractivity contribution in [3.05, 3.63) is 29.8 Å². The van der Waals surface area contributed by atoms with E-state index in [1.807, 2.05) is 0 Å². The van der Waals surface area contributed by atoms with Gasteiger partial charge in [-0.05, 0) is 86.3 Å². The zero-order valence-electron chi connectivity index (χ0n) is 16.7. The molecule has 0 radical (unpaired) electrons. The molecule has 0 unspecified atom stereocenters.